The molecule has 1 atom stereocenters. The van der Waals surface area contributed by atoms with Gasteiger partial charge >= 0.3 is 0 Å². The summed E-state index contributed by atoms with van der Waals surface area (Å²) in [5, 5.41) is 12.5. The zero-order chi connectivity index (χ0) is 15.3. The second-order valence-electron chi connectivity index (χ2n) is 5.09. The molecule has 0 aromatic heterocycles. The number of halogens is 1. The fraction of sp³-hybridized carbons (Fsp3) is 0.533. The van der Waals surface area contributed by atoms with Gasteiger partial charge in [-0.25, -0.2) is 4.39 Å². The predicted molar refractivity (Wildman–Crippen MR) is 78.2 cm³/mol. The molecule has 0 aliphatic carbocycles. The number of hydrogen-bond donors (Lipinski definition) is 2. The van der Waals surface area contributed by atoms with E-state index in [9.17, 15) is 14.3 Å². The van der Waals surface area contributed by atoms with E-state index in [4.69, 9.17) is 0 Å². The van der Waals surface area contributed by atoms with E-state index in [-0.39, 0.29) is 24.1 Å². The van der Waals surface area contributed by atoms with Gasteiger partial charge in [-0.3, -0.25) is 4.79 Å². The lowest BCUT2D eigenvalue weighted by Crippen LogP contribution is -2.40. The maximum absolute atomic E-state index is 13.9. The van der Waals surface area contributed by atoms with Gasteiger partial charge in [0.25, 0.3) is 0 Å². The molecule has 1 amide bonds. The SMILES string of the molecule is CCN(CC(=O)NC(C)C)c1cccc(F)c1[C@@H](C)O. The van der Waals surface area contributed by atoms with Crippen LogP contribution in [0.3, 0.4) is 0 Å². The van der Waals surface area contributed by atoms with Crippen LogP contribution in [0.4, 0.5) is 10.1 Å². The van der Waals surface area contributed by atoms with Gasteiger partial charge in [0.05, 0.1) is 12.6 Å². The van der Waals surface area contributed by atoms with Crippen LogP contribution in [0.2, 0.25) is 0 Å². The van der Waals surface area contributed by atoms with Crippen molar-refractivity contribution in [2.45, 2.75) is 39.8 Å². The lowest BCUT2D eigenvalue weighted by atomic mass is 10.1. The summed E-state index contributed by atoms with van der Waals surface area (Å²) in [6.45, 7) is 7.87. The fourth-order valence-electron chi connectivity index (χ4n) is 2.12. The van der Waals surface area contributed by atoms with E-state index in [0.29, 0.717) is 12.2 Å². The Morgan fingerprint density at radius 1 is 1.40 bits per heavy atom. The van der Waals surface area contributed by atoms with Gasteiger partial charge in [-0.1, -0.05) is 6.07 Å². The van der Waals surface area contributed by atoms with Gasteiger partial charge in [0.2, 0.25) is 5.91 Å². The van der Waals surface area contributed by atoms with Gasteiger partial charge in [0.1, 0.15) is 5.82 Å². The third kappa shape index (κ3) is 4.20. The molecule has 5 heteroatoms. The van der Waals surface area contributed by atoms with Crippen LogP contribution in [-0.2, 0) is 4.79 Å². The van der Waals surface area contributed by atoms with E-state index in [0.717, 1.165) is 0 Å². The van der Waals surface area contributed by atoms with Gasteiger partial charge in [0.15, 0.2) is 0 Å². The smallest absolute Gasteiger partial charge is 0.239 e. The van der Waals surface area contributed by atoms with Crippen LogP contribution in [-0.4, -0.2) is 30.1 Å². The second kappa shape index (κ2) is 7.24. The Kier molecular flexibility index (Phi) is 5.95. The molecule has 0 saturated carbocycles. The van der Waals surface area contributed by atoms with E-state index in [1.165, 1.54) is 13.0 Å². The van der Waals surface area contributed by atoms with E-state index in [1.54, 1.807) is 17.0 Å². The quantitative estimate of drug-likeness (QED) is 0.841. The maximum Gasteiger partial charge on any atom is 0.239 e. The largest absolute Gasteiger partial charge is 0.389 e. The first-order chi connectivity index (χ1) is 9.36. The number of likely N-dealkylation sites (N-methyl/N-ethyl adjacent to an activating group) is 1. The molecule has 0 aliphatic rings. The number of nitrogens with zero attached hydrogens (tertiary/aromatic N) is 1. The highest BCUT2D eigenvalue weighted by atomic mass is 19.1. The van der Waals surface area contributed by atoms with Crippen LogP contribution in [0.1, 0.15) is 39.4 Å². The van der Waals surface area contributed by atoms with Crippen molar-refractivity contribution in [3.05, 3.63) is 29.6 Å². The lowest BCUT2D eigenvalue weighted by Gasteiger charge is -2.26. The van der Waals surface area contributed by atoms with Crippen molar-refractivity contribution in [3.63, 3.8) is 0 Å². The third-order valence-corrected chi connectivity index (χ3v) is 2.95. The minimum Gasteiger partial charge on any atom is -0.389 e. The number of carbonyl (C=O) groups excluding carboxylic acids is 1. The molecular weight excluding hydrogens is 259 g/mol. The Labute approximate surface area is 119 Å². The van der Waals surface area contributed by atoms with Crippen LogP contribution in [0, 0.1) is 5.82 Å². The summed E-state index contributed by atoms with van der Waals surface area (Å²) in [6, 6.07) is 4.68. The predicted octanol–water partition coefficient (Wildman–Crippen LogP) is 2.23. The van der Waals surface area contributed by atoms with E-state index in [1.807, 2.05) is 20.8 Å². The number of aliphatic hydroxyl groups excluding tert-OH is 1. The number of aliphatic hydroxyl groups is 1. The average molecular weight is 282 g/mol. The Morgan fingerprint density at radius 2 is 2.05 bits per heavy atom. The molecule has 4 nitrogen and oxygen atoms in total. The van der Waals surface area contributed by atoms with Crippen molar-refractivity contribution < 1.29 is 14.3 Å². The average Bonchev–Trinajstić information content (AvgIpc) is 2.34. The Balaban J connectivity index is 3.01. The van der Waals surface area contributed by atoms with Crippen LogP contribution in [0.25, 0.3) is 0 Å². The number of benzene rings is 1. The van der Waals surface area contributed by atoms with E-state index < -0.39 is 11.9 Å². The fourth-order valence-corrected chi connectivity index (χ4v) is 2.12. The highest BCUT2D eigenvalue weighted by Crippen LogP contribution is 2.28. The first kappa shape index (κ1) is 16.4. The summed E-state index contributed by atoms with van der Waals surface area (Å²) in [6.07, 6.45) is -0.923. The van der Waals surface area contributed by atoms with Gasteiger partial charge in [-0.2, -0.15) is 0 Å². The molecule has 0 unspecified atom stereocenters. The molecule has 2 N–H and O–H groups in total. The molecule has 0 aliphatic heterocycles. The molecule has 112 valence electrons. The van der Waals surface area contributed by atoms with Crippen LogP contribution >= 0.6 is 0 Å². The topological polar surface area (TPSA) is 52.6 Å². The maximum atomic E-state index is 13.9. The van der Waals surface area contributed by atoms with Crippen molar-refractivity contribution in [1.82, 2.24) is 5.32 Å². The number of hydrogen-bond acceptors (Lipinski definition) is 3. The zero-order valence-electron chi connectivity index (χ0n) is 12.5. The number of nitrogens with one attached hydrogen (secondary N) is 1. The van der Waals surface area contributed by atoms with Crippen LogP contribution in [0.15, 0.2) is 18.2 Å². The van der Waals surface area contributed by atoms with Gasteiger partial charge in [-0.15, -0.1) is 0 Å². The first-order valence-electron chi connectivity index (χ1n) is 6.87. The Bertz CT molecular complexity index is 461. The Morgan fingerprint density at radius 3 is 2.55 bits per heavy atom. The van der Waals surface area contributed by atoms with Crippen molar-refractivity contribution in [1.29, 1.82) is 0 Å². The lowest BCUT2D eigenvalue weighted by molar-refractivity contribution is -0.120. The monoisotopic (exact) mass is 282 g/mol. The summed E-state index contributed by atoms with van der Waals surface area (Å²) in [5.41, 5.74) is 0.785. The van der Waals surface area contributed by atoms with Crippen LogP contribution < -0.4 is 10.2 Å². The summed E-state index contributed by atoms with van der Waals surface area (Å²) in [5.74, 6) is -0.581. The number of anilines is 1. The molecule has 0 radical (unpaired) electrons. The molecule has 1 rings (SSSR count). The van der Waals surface area contributed by atoms with Gasteiger partial charge < -0.3 is 15.3 Å². The van der Waals surface area contributed by atoms with Crippen molar-refractivity contribution in [2.75, 3.05) is 18.0 Å². The Hall–Kier alpha value is -1.62. The molecule has 0 fully saturated rings. The second-order valence-corrected chi connectivity index (χ2v) is 5.09. The minimum atomic E-state index is -0.923. The molecule has 1 aromatic carbocycles. The summed E-state index contributed by atoms with van der Waals surface area (Å²) < 4.78 is 13.9. The van der Waals surface area contributed by atoms with Crippen molar-refractivity contribution in [3.8, 4) is 0 Å². The van der Waals surface area contributed by atoms with E-state index in [2.05, 4.69) is 5.32 Å². The first-order valence-corrected chi connectivity index (χ1v) is 6.87. The normalized spacial score (nSPS) is 12.3. The number of carbonyl (C=O) groups is 1. The van der Waals surface area contributed by atoms with E-state index >= 15 is 0 Å². The van der Waals surface area contributed by atoms with Gasteiger partial charge in [0, 0.05) is 23.8 Å². The molecule has 0 bridgehead atoms. The minimum absolute atomic E-state index is 0.0601. The molecule has 1 aromatic rings. The molecule has 0 saturated heterocycles. The highest BCUT2D eigenvalue weighted by Gasteiger charge is 2.19. The standard InChI is InChI=1S/C15H23FN2O2/c1-5-18(9-14(20)17-10(2)3)13-8-6-7-12(16)15(13)11(4)19/h6-8,10-11,19H,5,9H2,1-4H3,(H,17,20)/t11-/m1/s1. The van der Waals surface area contributed by atoms with Crippen molar-refractivity contribution in [2.24, 2.45) is 0 Å². The summed E-state index contributed by atoms with van der Waals surface area (Å²) >= 11 is 0. The molecule has 0 heterocycles. The summed E-state index contributed by atoms with van der Waals surface area (Å²) in [4.78, 5) is 13.6. The number of rotatable bonds is 6. The van der Waals surface area contributed by atoms with Crippen LogP contribution in [0.5, 0.6) is 0 Å². The van der Waals surface area contributed by atoms with Crippen molar-refractivity contribution >= 4 is 11.6 Å². The molecular formula is C15H23FN2O2. The number of amides is 1. The highest BCUT2D eigenvalue weighted by molar-refractivity contribution is 5.82. The summed E-state index contributed by atoms with van der Waals surface area (Å²) in [7, 11) is 0. The van der Waals surface area contributed by atoms with Gasteiger partial charge in [-0.05, 0) is 39.8 Å². The third-order valence-electron chi connectivity index (χ3n) is 2.95. The molecule has 0 spiro atoms. The zero-order valence-corrected chi connectivity index (χ0v) is 12.5. The molecule has 20 heavy (non-hydrogen) atoms.